The Kier molecular flexibility index (Phi) is 31.3. The van der Waals surface area contributed by atoms with Crippen LogP contribution in [-0.2, 0) is 108 Å². The fourth-order valence-electron chi connectivity index (χ4n) is 16.4. The van der Waals surface area contributed by atoms with E-state index in [2.05, 4.69) is 47.7 Å². The maximum absolute atomic E-state index is 16.3. The number of nitrogens with zero attached hydrogens (tertiary/aromatic N) is 5. The van der Waals surface area contributed by atoms with Crippen LogP contribution < -0.4 is 31.3 Å². The number of benzene rings is 4. The summed E-state index contributed by atoms with van der Waals surface area (Å²) < 4.78 is 30.3. The lowest BCUT2D eigenvalue weighted by Gasteiger charge is -2.37. The first-order chi connectivity index (χ1) is 53.5. The van der Waals surface area contributed by atoms with Crippen LogP contribution in [0.1, 0.15) is 176 Å². The Hall–Kier alpha value is -9.53. The molecule has 5 aliphatic rings. The summed E-state index contributed by atoms with van der Waals surface area (Å²) in [6.45, 7) is 5.73. The number of nitrogens with one attached hydrogen (secondary N) is 5. The number of quaternary nitrogens is 1. The smallest absolute Gasteiger partial charge is 0.246 e. The number of aryl methyl sites for hydroxylation is 2. The van der Waals surface area contributed by atoms with Gasteiger partial charge in [-0.1, -0.05) is 80.4 Å². The topological polar surface area (TPSA) is 318 Å². The number of ether oxygens (including phenoxy) is 2. The molecule has 0 spiro atoms. The Balaban J connectivity index is 0.0000146. The number of Topliss-reactive ketones (excluding diaryl/α,β-unsaturated/α-hetero) is 4. The molecule has 12 bridgehead atoms. The maximum atomic E-state index is 16.3. The first kappa shape index (κ1) is 87.4. The van der Waals surface area contributed by atoms with Crippen LogP contribution in [0.2, 0.25) is 0 Å². The molecule has 2 fully saturated rings. The minimum atomic E-state index is -1.82. The first-order valence-corrected chi connectivity index (χ1v) is 40.2. The van der Waals surface area contributed by atoms with Crippen LogP contribution in [-0.4, -0.2) is 208 Å². The highest BCUT2D eigenvalue weighted by Gasteiger charge is 2.49. The molecule has 26 heteroatoms. The third-order valence-electron chi connectivity index (χ3n) is 22.8. The molecule has 0 unspecified atom stereocenters. The average molecular weight is 1560 g/mol. The fourth-order valence-corrected chi connectivity index (χ4v) is 16.4. The number of hydrogen-bond donors (Lipinski definition) is 6. The van der Waals surface area contributed by atoms with Crippen molar-refractivity contribution >= 4 is 81.3 Å². The Bertz CT molecular complexity index is 4230. The second-order valence-electron chi connectivity index (χ2n) is 32.7. The Morgan fingerprint density at radius 1 is 0.690 bits per heavy atom. The van der Waals surface area contributed by atoms with Crippen molar-refractivity contribution in [3.63, 3.8) is 0 Å². The van der Waals surface area contributed by atoms with Gasteiger partial charge in [0.1, 0.15) is 53.9 Å². The van der Waals surface area contributed by atoms with E-state index in [4.69, 9.17) is 9.47 Å². The Morgan fingerprint density at radius 3 is 2.15 bits per heavy atom. The molecule has 6 N–H and O–H groups in total. The van der Waals surface area contributed by atoms with Gasteiger partial charge in [-0.15, -0.1) is 0 Å². The van der Waals surface area contributed by atoms with Crippen LogP contribution in [0.15, 0.2) is 97.2 Å². The molecule has 0 saturated carbocycles. The molecule has 5 aliphatic heterocycles. The van der Waals surface area contributed by atoms with Crippen molar-refractivity contribution in [3.05, 3.63) is 144 Å². The van der Waals surface area contributed by atoms with E-state index in [9.17, 15) is 33.9 Å². The van der Waals surface area contributed by atoms with E-state index in [1.807, 2.05) is 35.0 Å². The van der Waals surface area contributed by atoms with Crippen molar-refractivity contribution in [1.82, 2.24) is 45.9 Å². The summed E-state index contributed by atoms with van der Waals surface area (Å²) in [5.41, 5.74) is 3.22. The van der Waals surface area contributed by atoms with Crippen LogP contribution in [0.3, 0.4) is 0 Å². The predicted octanol–water partition coefficient (Wildman–Crippen LogP) is 7.66. The number of amides is 8. The Labute approximate surface area is 663 Å². The second-order valence-corrected chi connectivity index (χ2v) is 32.7. The number of halogens is 1. The van der Waals surface area contributed by atoms with Gasteiger partial charge in [-0.3, -0.25) is 57.5 Å². The molecule has 2 saturated heterocycles. The zero-order chi connectivity index (χ0) is 80.4. The van der Waals surface area contributed by atoms with Crippen LogP contribution in [0.25, 0.3) is 10.9 Å². The molecule has 113 heavy (non-hydrogen) atoms. The van der Waals surface area contributed by atoms with Crippen LogP contribution >= 0.6 is 0 Å². The summed E-state index contributed by atoms with van der Waals surface area (Å²) >= 11 is 0. The SMILES string of the molecule is COc1ccc(C[C@@H]2NC(=O)[C@H]([C@@H](C)O)NC(=O)[C@@H]3[C@@H]4CCN3C(=O)[C@H]3CC(=O)[C@H](Cc5cccc(c5)CNC(=O)CO4)NC(=O)[C@@H](CCC(=O)CCCCC[N+](C)(C)C)NC(=O)[C@H](C)CC(=O)CCC(=O)N(CCCCCCn4cc(c5cc(F)ccc54)C3)Cc3cccc(c3)CCCC(=O)[C@]3(C)CCCN3C2=O)cc1.[CH3-]. The summed E-state index contributed by atoms with van der Waals surface area (Å²) in [6.07, 6.45) is 3.57. The highest BCUT2D eigenvalue weighted by Crippen LogP contribution is 2.35. The van der Waals surface area contributed by atoms with Gasteiger partial charge in [-0.05, 0) is 161 Å². The number of carbonyl (C=O) groups excluding carboxylic acids is 12. The van der Waals surface area contributed by atoms with Crippen molar-refractivity contribution in [3.8, 4) is 5.75 Å². The molecule has 0 aliphatic carbocycles. The second kappa shape index (κ2) is 40.5. The van der Waals surface area contributed by atoms with Gasteiger partial charge in [0, 0.05) is 120 Å². The number of aliphatic hydroxyl groups excluding tert-OH is 1. The van der Waals surface area contributed by atoms with Crippen LogP contribution in [0.4, 0.5) is 4.39 Å². The average Bonchev–Trinajstić information content (AvgIpc) is 1.61. The predicted molar refractivity (Wildman–Crippen MR) is 424 cm³/mol. The molecule has 612 valence electrons. The van der Waals surface area contributed by atoms with E-state index < -0.39 is 126 Å². The highest BCUT2D eigenvalue weighted by molar-refractivity contribution is 6.00. The molecule has 10 rings (SSSR count). The van der Waals surface area contributed by atoms with E-state index in [0.717, 1.165) is 35.0 Å². The number of methoxy groups -OCH3 is 1. The van der Waals surface area contributed by atoms with E-state index in [1.165, 1.54) is 42.9 Å². The maximum Gasteiger partial charge on any atom is 0.246 e. The van der Waals surface area contributed by atoms with Crippen molar-refractivity contribution in [2.24, 2.45) is 11.8 Å². The third-order valence-corrected chi connectivity index (χ3v) is 22.8. The number of hydrogen-bond acceptors (Lipinski definition) is 15. The number of aliphatic hydroxyl groups is 1. The molecule has 4 aromatic carbocycles. The molecular formula is C87H117FN10O15. The van der Waals surface area contributed by atoms with Gasteiger partial charge < -0.3 is 72.3 Å². The molecule has 1 aromatic heterocycles. The van der Waals surface area contributed by atoms with Gasteiger partial charge in [0.2, 0.25) is 47.3 Å². The minimum Gasteiger partial charge on any atom is -0.497 e. The van der Waals surface area contributed by atoms with E-state index >= 15 is 33.2 Å². The van der Waals surface area contributed by atoms with Crippen molar-refractivity contribution in [2.45, 2.75) is 236 Å². The number of fused-ring (bicyclic) bond motifs is 14. The molecule has 8 amide bonds. The lowest BCUT2D eigenvalue weighted by Crippen LogP contribution is -2.62. The first-order valence-electron chi connectivity index (χ1n) is 40.2. The van der Waals surface area contributed by atoms with Gasteiger partial charge in [-0.25, -0.2) is 4.39 Å². The quantitative estimate of drug-likeness (QED) is 0.0374. The number of aromatic nitrogens is 1. The molecule has 10 atom stereocenters. The largest absolute Gasteiger partial charge is 0.497 e. The lowest BCUT2D eigenvalue weighted by atomic mass is 9.88. The van der Waals surface area contributed by atoms with Crippen molar-refractivity contribution < 1.29 is 81.0 Å². The minimum absolute atomic E-state index is 0. The monoisotopic (exact) mass is 1560 g/mol. The molecule has 25 nitrogen and oxygen atoms in total. The summed E-state index contributed by atoms with van der Waals surface area (Å²) in [6, 6.07) is 18.1. The molecule has 0 radical (unpaired) electrons. The Morgan fingerprint density at radius 2 is 1.41 bits per heavy atom. The summed E-state index contributed by atoms with van der Waals surface area (Å²) in [5.74, 6) is -9.64. The molecule has 5 aromatic rings. The number of ketones is 4. The van der Waals surface area contributed by atoms with Crippen molar-refractivity contribution in [2.75, 3.05) is 61.0 Å². The zero-order valence-corrected chi connectivity index (χ0v) is 67.1. The molecule has 6 heterocycles. The zero-order valence-electron chi connectivity index (χ0n) is 67.1. The van der Waals surface area contributed by atoms with Crippen molar-refractivity contribution in [1.29, 1.82) is 0 Å². The standard InChI is InChI=1S/C86H113FN10O15.CH3/c1-55-43-66(100)30-35-77(104)94-39-13-9-8-12-38-93-53-63(68-50-64(87)28-34-72(68)93)48-62-49-73(101)70(90-81(106)69(89-80(55)105)33-29-65(99)24-11-10-14-42-97(4,5)6)47-59-21-16-22-60(45-59)51-88-76(103)54-112-74-36-41-95(84(62)109)79(74)83(108)92-78(56(2)98)82(107)91-71(46-58-26-31-67(111-7)32-27-58)85(110)96-40-18-37-86(96,3)75(102)25-17-20-57-19-15-23-61(44-57)52-94;/h15-16,19,21-23,26-28,31-32,34,44-45,50,53,55-56,62,69-71,74,78-79,98H,8-14,17-18,20,24-25,29-30,33,35-43,46-49,51-52,54H2,1-7H3,(H4-,88,89,90,91,92,103,105,106,107,108);1H3/q;-1/p+1/t55-,56-,62-,69-,70+,71+,74+,78+,79+,86+;/m1./s1. The fraction of sp³-hybridized carbons (Fsp3) is 0.552. The van der Waals surface area contributed by atoms with Crippen LogP contribution in [0.5, 0.6) is 5.75 Å². The number of unbranched alkanes of at least 4 members (excludes halogenated alkanes) is 2. The number of carbonyl (C=O) groups is 12. The highest BCUT2D eigenvalue weighted by atomic mass is 19.1. The van der Waals surface area contributed by atoms with Gasteiger partial charge in [0.25, 0.3) is 0 Å². The van der Waals surface area contributed by atoms with E-state index in [1.54, 1.807) is 66.4 Å². The van der Waals surface area contributed by atoms with E-state index in [0.29, 0.717) is 110 Å². The molecular weight excluding hydrogens is 1440 g/mol. The normalized spacial score (nSPS) is 24.9. The van der Waals surface area contributed by atoms with Gasteiger partial charge in [0.05, 0.1) is 58.6 Å². The lowest BCUT2D eigenvalue weighted by molar-refractivity contribution is -0.870. The summed E-state index contributed by atoms with van der Waals surface area (Å²) in [7, 11) is 7.77. The van der Waals surface area contributed by atoms with Gasteiger partial charge in [-0.2, -0.15) is 0 Å². The van der Waals surface area contributed by atoms with Gasteiger partial charge in [0.15, 0.2) is 11.6 Å². The van der Waals surface area contributed by atoms with Crippen LogP contribution in [0, 0.1) is 25.1 Å². The number of rotatable bonds is 13. The van der Waals surface area contributed by atoms with Gasteiger partial charge >= 0.3 is 0 Å². The van der Waals surface area contributed by atoms with E-state index in [-0.39, 0.29) is 127 Å². The summed E-state index contributed by atoms with van der Waals surface area (Å²) in [4.78, 5) is 184. The third kappa shape index (κ3) is 24.0. The summed E-state index contributed by atoms with van der Waals surface area (Å²) in [5, 5.41) is 26.3.